The number of carbonyl (C=O) groups excluding carboxylic acids is 1. The molecule has 1 saturated heterocycles. The average Bonchev–Trinajstić information content (AvgIpc) is 2.75. The summed E-state index contributed by atoms with van der Waals surface area (Å²) in [5.74, 6) is 0.186. The van der Waals surface area contributed by atoms with Gasteiger partial charge in [0.15, 0.2) is 0 Å². The first-order valence-corrected chi connectivity index (χ1v) is 7.66. The van der Waals surface area contributed by atoms with E-state index in [1.807, 2.05) is 23.1 Å². The van der Waals surface area contributed by atoms with Crippen molar-refractivity contribution in [2.75, 3.05) is 26.2 Å². The fourth-order valence-electron chi connectivity index (χ4n) is 2.67. The van der Waals surface area contributed by atoms with Gasteiger partial charge >= 0.3 is 0 Å². The van der Waals surface area contributed by atoms with Crippen LogP contribution in [0.2, 0.25) is 0 Å². The van der Waals surface area contributed by atoms with Crippen LogP contribution in [0.15, 0.2) is 24.3 Å². The van der Waals surface area contributed by atoms with Crippen LogP contribution >= 0.6 is 0 Å². The molecular weight excluding hydrogens is 248 g/mol. The molecule has 0 unspecified atom stereocenters. The number of carbonyl (C=O) groups is 1. The summed E-state index contributed by atoms with van der Waals surface area (Å²) < 4.78 is 0. The van der Waals surface area contributed by atoms with Crippen LogP contribution in [0.4, 0.5) is 0 Å². The average molecular weight is 274 g/mol. The van der Waals surface area contributed by atoms with Gasteiger partial charge in [-0.2, -0.15) is 0 Å². The zero-order chi connectivity index (χ0) is 14.6. The van der Waals surface area contributed by atoms with Crippen molar-refractivity contribution in [3.63, 3.8) is 0 Å². The highest BCUT2D eigenvalue weighted by Gasteiger charge is 2.26. The van der Waals surface area contributed by atoms with Crippen LogP contribution in [-0.2, 0) is 5.41 Å². The maximum Gasteiger partial charge on any atom is 0.254 e. The Bertz CT molecular complexity index is 460. The van der Waals surface area contributed by atoms with Gasteiger partial charge in [-0.3, -0.25) is 4.79 Å². The minimum Gasteiger partial charge on any atom is -0.337 e. The van der Waals surface area contributed by atoms with Crippen LogP contribution in [-0.4, -0.2) is 37.0 Å². The Morgan fingerprint density at radius 2 is 2.00 bits per heavy atom. The van der Waals surface area contributed by atoms with Gasteiger partial charge < -0.3 is 10.2 Å². The Kier molecular flexibility index (Phi) is 4.81. The predicted octanol–water partition coefficient (Wildman–Crippen LogP) is 2.81. The van der Waals surface area contributed by atoms with Gasteiger partial charge in [-0.05, 0) is 36.4 Å². The van der Waals surface area contributed by atoms with E-state index in [-0.39, 0.29) is 11.3 Å². The van der Waals surface area contributed by atoms with Crippen molar-refractivity contribution in [1.82, 2.24) is 10.2 Å². The van der Waals surface area contributed by atoms with Gasteiger partial charge in [0.05, 0.1) is 0 Å². The molecule has 1 aromatic rings. The van der Waals surface area contributed by atoms with Crippen LogP contribution in [0.25, 0.3) is 0 Å². The topological polar surface area (TPSA) is 32.3 Å². The van der Waals surface area contributed by atoms with Crippen molar-refractivity contribution in [2.45, 2.75) is 39.0 Å². The molecule has 0 radical (unpaired) electrons. The molecule has 1 N–H and O–H groups in total. The van der Waals surface area contributed by atoms with E-state index in [0.29, 0.717) is 0 Å². The van der Waals surface area contributed by atoms with E-state index in [0.717, 1.165) is 44.6 Å². The molecule has 1 aliphatic rings. The van der Waals surface area contributed by atoms with Crippen LogP contribution in [0.5, 0.6) is 0 Å². The second-order valence-electron chi connectivity index (χ2n) is 6.18. The lowest BCUT2D eigenvalue weighted by Gasteiger charge is -2.28. The first-order valence-electron chi connectivity index (χ1n) is 7.66. The van der Waals surface area contributed by atoms with E-state index in [1.165, 1.54) is 5.56 Å². The fraction of sp³-hybridized carbons (Fsp3) is 0.588. The van der Waals surface area contributed by atoms with E-state index >= 15 is 0 Å². The van der Waals surface area contributed by atoms with Gasteiger partial charge in [0.25, 0.3) is 5.91 Å². The molecule has 0 spiro atoms. The molecule has 110 valence electrons. The Morgan fingerprint density at radius 3 is 2.75 bits per heavy atom. The monoisotopic (exact) mass is 274 g/mol. The van der Waals surface area contributed by atoms with Gasteiger partial charge in [0.1, 0.15) is 0 Å². The molecule has 0 atom stereocenters. The first kappa shape index (κ1) is 15.0. The maximum atomic E-state index is 12.8. The van der Waals surface area contributed by atoms with E-state index in [9.17, 15) is 4.79 Å². The molecule has 1 fully saturated rings. The minimum atomic E-state index is 0.0380. The van der Waals surface area contributed by atoms with Gasteiger partial charge in [-0.15, -0.1) is 0 Å². The highest BCUT2D eigenvalue weighted by atomic mass is 16.2. The normalized spacial score (nSPS) is 16.9. The van der Waals surface area contributed by atoms with Crippen molar-refractivity contribution < 1.29 is 4.79 Å². The molecule has 1 aromatic carbocycles. The van der Waals surface area contributed by atoms with Gasteiger partial charge in [0, 0.05) is 25.2 Å². The number of benzene rings is 1. The molecule has 3 nitrogen and oxygen atoms in total. The van der Waals surface area contributed by atoms with Crippen LogP contribution < -0.4 is 5.32 Å². The van der Waals surface area contributed by atoms with Crippen LogP contribution in [0.3, 0.4) is 0 Å². The summed E-state index contributed by atoms with van der Waals surface area (Å²) in [5.41, 5.74) is 2.09. The number of nitrogens with zero attached hydrogens (tertiary/aromatic N) is 1. The number of amides is 1. The van der Waals surface area contributed by atoms with Crippen LogP contribution in [0, 0.1) is 0 Å². The number of hydrogen-bond donors (Lipinski definition) is 1. The molecule has 0 bridgehead atoms. The Morgan fingerprint density at radius 1 is 1.25 bits per heavy atom. The third-order valence-electron chi connectivity index (χ3n) is 4.40. The van der Waals surface area contributed by atoms with E-state index in [1.54, 1.807) is 0 Å². The van der Waals surface area contributed by atoms with E-state index < -0.39 is 0 Å². The van der Waals surface area contributed by atoms with Crippen molar-refractivity contribution in [2.24, 2.45) is 0 Å². The van der Waals surface area contributed by atoms with Crippen molar-refractivity contribution in [1.29, 1.82) is 0 Å². The second kappa shape index (κ2) is 6.40. The highest BCUT2D eigenvalue weighted by Crippen LogP contribution is 2.30. The minimum absolute atomic E-state index is 0.0380. The quantitative estimate of drug-likeness (QED) is 0.919. The third kappa shape index (κ3) is 3.21. The maximum absolute atomic E-state index is 12.8. The smallest absolute Gasteiger partial charge is 0.254 e. The molecule has 1 heterocycles. The summed E-state index contributed by atoms with van der Waals surface area (Å²) in [6, 6.07) is 8.09. The lowest BCUT2D eigenvalue weighted by molar-refractivity contribution is 0.0763. The molecule has 3 heteroatoms. The summed E-state index contributed by atoms with van der Waals surface area (Å²) in [4.78, 5) is 14.8. The fourth-order valence-corrected chi connectivity index (χ4v) is 2.67. The molecule has 0 aliphatic carbocycles. The van der Waals surface area contributed by atoms with E-state index in [4.69, 9.17) is 0 Å². The standard InChI is InChI=1S/C17H26N2O/c1-4-17(2,3)15-9-6-5-8-14(15)16(20)19-12-7-10-18-11-13-19/h5-6,8-9,18H,4,7,10-13H2,1-3H3. The molecule has 0 aromatic heterocycles. The summed E-state index contributed by atoms with van der Waals surface area (Å²) in [6.07, 6.45) is 2.06. The van der Waals surface area contributed by atoms with Gasteiger partial charge in [0.2, 0.25) is 0 Å². The molecule has 1 aliphatic heterocycles. The molecule has 2 rings (SSSR count). The third-order valence-corrected chi connectivity index (χ3v) is 4.40. The Balaban J connectivity index is 2.29. The summed E-state index contributed by atoms with van der Waals surface area (Å²) >= 11 is 0. The number of hydrogen-bond acceptors (Lipinski definition) is 2. The largest absolute Gasteiger partial charge is 0.337 e. The number of rotatable bonds is 3. The second-order valence-corrected chi connectivity index (χ2v) is 6.18. The molecule has 0 saturated carbocycles. The van der Waals surface area contributed by atoms with Crippen LogP contribution in [0.1, 0.15) is 49.5 Å². The summed E-state index contributed by atoms with van der Waals surface area (Å²) in [5, 5.41) is 3.35. The highest BCUT2D eigenvalue weighted by molar-refractivity contribution is 5.96. The van der Waals surface area contributed by atoms with Gasteiger partial charge in [-0.25, -0.2) is 0 Å². The SMILES string of the molecule is CCC(C)(C)c1ccccc1C(=O)N1CCCNCC1. The van der Waals surface area contributed by atoms with Gasteiger partial charge in [-0.1, -0.05) is 39.0 Å². The lowest BCUT2D eigenvalue weighted by Crippen LogP contribution is -2.35. The van der Waals surface area contributed by atoms with E-state index in [2.05, 4.69) is 32.2 Å². The number of nitrogens with one attached hydrogen (secondary N) is 1. The van der Waals surface area contributed by atoms with Crippen molar-refractivity contribution in [3.8, 4) is 0 Å². The predicted molar refractivity (Wildman–Crippen MR) is 83.1 cm³/mol. The summed E-state index contributed by atoms with van der Waals surface area (Å²) in [7, 11) is 0. The summed E-state index contributed by atoms with van der Waals surface area (Å²) in [6.45, 7) is 10.2. The zero-order valence-corrected chi connectivity index (χ0v) is 12.9. The lowest BCUT2D eigenvalue weighted by atomic mass is 9.79. The zero-order valence-electron chi connectivity index (χ0n) is 12.9. The Hall–Kier alpha value is -1.35. The molecule has 1 amide bonds. The molecular formula is C17H26N2O. The first-order chi connectivity index (χ1) is 9.56. The molecule has 20 heavy (non-hydrogen) atoms. The van der Waals surface area contributed by atoms with Crippen molar-refractivity contribution >= 4 is 5.91 Å². The Labute approximate surface area is 122 Å². The van der Waals surface area contributed by atoms with Crippen molar-refractivity contribution in [3.05, 3.63) is 35.4 Å².